The minimum absolute atomic E-state index is 0.151. The number of aromatic nitrogens is 1. The molecule has 2 N–H and O–H groups in total. The molecule has 0 aliphatic carbocycles. The van der Waals surface area contributed by atoms with Crippen LogP contribution in [0.3, 0.4) is 0 Å². The summed E-state index contributed by atoms with van der Waals surface area (Å²) in [5.74, 6) is 1.05. The van der Waals surface area contributed by atoms with Crippen molar-refractivity contribution in [3.05, 3.63) is 11.1 Å². The monoisotopic (exact) mass is 366 g/mol. The summed E-state index contributed by atoms with van der Waals surface area (Å²) in [6.07, 6.45) is 5.12. The lowest BCUT2D eigenvalue weighted by atomic mass is 9.99. The Morgan fingerprint density at radius 1 is 1.36 bits per heavy atom. The van der Waals surface area contributed by atoms with E-state index in [-0.39, 0.29) is 11.6 Å². The first-order valence-electron chi connectivity index (χ1n) is 9.25. The van der Waals surface area contributed by atoms with Crippen LogP contribution in [-0.4, -0.2) is 54.3 Å². The number of thiazole rings is 1. The molecule has 3 heterocycles. The van der Waals surface area contributed by atoms with Gasteiger partial charge in [-0.3, -0.25) is 10.2 Å². The molecule has 2 aliphatic heterocycles. The molecule has 1 aromatic rings. The Morgan fingerprint density at radius 3 is 2.80 bits per heavy atom. The largest absolute Gasteiger partial charge is 0.381 e. The van der Waals surface area contributed by atoms with Crippen LogP contribution in [-0.2, 0) is 4.74 Å². The number of carbonyl (C=O) groups excluding carboxylic acids is 1. The Balaban J connectivity index is 1.42. The second-order valence-electron chi connectivity index (χ2n) is 8.06. The van der Waals surface area contributed by atoms with Gasteiger partial charge in [-0.1, -0.05) is 0 Å². The fourth-order valence-corrected chi connectivity index (χ4v) is 4.48. The number of nitrogens with one attached hydrogen (secondary N) is 2. The van der Waals surface area contributed by atoms with Gasteiger partial charge >= 0.3 is 6.03 Å². The molecule has 140 valence electrons. The highest BCUT2D eigenvalue weighted by Crippen LogP contribution is 2.32. The lowest BCUT2D eigenvalue weighted by Crippen LogP contribution is -2.40. The van der Waals surface area contributed by atoms with Gasteiger partial charge in [0.15, 0.2) is 5.13 Å². The maximum Gasteiger partial charge on any atom is 0.321 e. The average molecular weight is 367 g/mol. The Bertz CT molecular complexity index is 578. The molecule has 1 aromatic heterocycles. The Labute approximate surface area is 154 Å². The van der Waals surface area contributed by atoms with Gasteiger partial charge in [-0.15, -0.1) is 11.3 Å². The summed E-state index contributed by atoms with van der Waals surface area (Å²) in [5, 5.41) is 6.57. The lowest BCUT2D eigenvalue weighted by molar-refractivity contribution is 0.0860. The molecule has 3 rings (SSSR count). The predicted molar refractivity (Wildman–Crippen MR) is 101 cm³/mol. The molecular weight excluding hydrogens is 336 g/mol. The van der Waals surface area contributed by atoms with Crippen molar-refractivity contribution in [1.82, 2.24) is 15.2 Å². The lowest BCUT2D eigenvalue weighted by Gasteiger charge is -2.31. The van der Waals surface area contributed by atoms with Crippen LogP contribution in [0.1, 0.15) is 50.8 Å². The molecule has 1 atom stereocenters. The molecule has 0 aromatic carbocycles. The number of nitrogens with zero attached hydrogens (tertiary/aromatic N) is 2. The van der Waals surface area contributed by atoms with E-state index in [1.54, 1.807) is 11.3 Å². The first kappa shape index (κ1) is 18.6. The summed E-state index contributed by atoms with van der Waals surface area (Å²) >= 11 is 1.58. The van der Waals surface area contributed by atoms with Crippen LogP contribution in [0.5, 0.6) is 0 Å². The van der Waals surface area contributed by atoms with Crippen molar-refractivity contribution in [1.29, 1.82) is 0 Å². The molecule has 0 radical (unpaired) electrons. The number of carbonyl (C=O) groups is 1. The van der Waals surface area contributed by atoms with E-state index in [4.69, 9.17) is 4.74 Å². The van der Waals surface area contributed by atoms with Crippen LogP contribution in [0.4, 0.5) is 9.93 Å². The number of rotatable bonds is 4. The van der Waals surface area contributed by atoms with Crippen molar-refractivity contribution in [2.75, 3.05) is 38.2 Å². The Morgan fingerprint density at radius 2 is 2.12 bits per heavy atom. The third kappa shape index (κ3) is 5.15. The standard InChI is InChI=1S/C18H30N4O2S/c1-18(2,3)22-7-4-13(12-22)10-19-16(23)21-17-20-11-15(25-17)14-5-8-24-9-6-14/h11,13-14H,4-10,12H2,1-3H3,(H2,19,20,21,23). The van der Waals surface area contributed by atoms with Crippen molar-refractivity contribution in [2.45, 2.75) is 51.5 Å². The van der Waals surface area contributed by atoms with Crippen molar-refractivity contribution in [3.8, 4) is 0 Å². The minimum Gasteiger partial charge on any atom is -0.381 e. The van der Waals surface area contributed by atoms with E-state index in [0.717, 1.165) is 52.1 Å². The second kappa shape index (κ2) is 8.01. The van der Waals surface area contributed by atoms with E-state index in [1.165, 1.54) is 4.88 Å². The highest BCUT2D eigenvalue weighted by atomic mass is 32.1. The minimum atomic E-state index is -0.151. The Hall–Kier alpha value is -1.18. The van der Waals surface area contributed by atoms with Gasteiger partial charge in [-0.25, -0.2) is 9.78 Å². The fourth-order valence-electron chi connectivity index (χ4n) is 3.50. The van der Waals surface area contributed by atoms with E-state index in [2.05, 4.69) is 41.3 Å². The van der Waals surface area contributed by atoms with Gasteiger partial charge in [0.05, 0.1) is 0 Å². The van der Waals surface area contributed by atoms with Crippen molar-refractivity contribution >= 4 is 22.5 Å². The first-order valence-corrected chi connectivity index (χ1v) is 10.1. The summed E-state index contributed by atoms with van der Waals surface area (Å²) in [6.45, 7) is 11.2. The molecule has 0 saturated carbocycles. The topological polar surface area (TPSA) is 66.5 Å². The van der Waals surface area contributed by atoms with Crippen molar-refractivity contribution < 1.29 is 9.53 Å². The van der Waals surface area contributed by atoms with Crippen LogP contribution in [0, 0.1) is 5.92 Å². The molecule has 0 spiro atoms. The maximum absolute atomic E-state index is 12.1. The number of ether oxygens (including phenoxy) is 1. The van der Waals surface area contributed by atoms with Crippen LogP contribution >= 0.6 is 11.3 Å². The quantitative estimate of drug-likeness (QED) is 0.858. The summed E-state index contributed by atoms with van der Waals surface area (Å²) in [5.41, 5.74) is 0.207. The van der Waals surface area contributed by atoms with Gasteiger partial charge in [0, 0.05) is 42.9 Å². The molecule has 6 nitrogen and oxygen atoms in total. The zero-order valence-corrected chi connectivity index (χ0v) is 16.3. The number of likely N-dealkylation sites (tertiary alicyclic amines) is 1. The van der Waals surface area contributed by atoms with Gasteiger partial charge in [0.2, 0.25) is 0 Å². The van der Waals surface area contributed by atoms with Crippen molar-refractivity contribution in [3.63, 3.8) is 0 Å². The van der Waals surface area contributed by atoms with Gasteiger partial charge in [0.25, 0.3) is 0 Å². The SMILES string of the molecule is CC(C)(C)N1CCC(CNC(=O)Nc2ncc(C3CCOCC3)s2)C1. The molecule has 25 heavy (non-hydrogen) atoms. The first-order chi connectivity index (χ1) is 11.9. The van der Waals surface area contributed by atoms with Crippen LogP contribution < -0.4 is 10.6 Å². The zero-order valence-electron chi connectivity index (χ0n) is 15.5. The number of hydrogen-bond donors (Lipinski definition) is 2. The molecule has 0 bridgehead atoms. The third-order valence-corrected chi connectivity index (χ3v) is 6.23. The summed E-state index contributed by atoms with van der Waals surface area (Å²) < 4.78 is 5.40. The molecule has 2 saturated heterocycles. The van der Waals surface area contributed by atoms with Crippen molar-refractivity contribution in [2.24, 2.45) is 5.92 Å². The maximum atomic E-state index is 12.1. The second-order valence-corrected chi connectivity index (χ2v) is 9.12. The van der Waals surface area contributed by atoms with Crippen LogP contribution in [0.2, 0.25) is 0 Å². The highest BCUT2D eigenvalue weighted by Gasteiger charge is 2.30. The van der Waals surface area contributed by atoms with Crippen LogP contribution in [0.25, 0.3) is 0 Å². The summed E-state index contributed by atoms with van der Waals surface area (Å²) in [6, 6.07) is -0.151. The van der Waals surface area contributed by atoms with Gasteiger partial charge < -0.3 is 10.1 Å². The Kier molecular flexibility index (Phi) is 5.96. The summed E-state index contributed by atoms with van der Waals surface area (Å²) in [7, 11) is 0. The predicted octanol–water partition coefficient (Wildman–Crippen LogP) is 3.28. The van der Waals surface area contributed by atoms with E-state index in [9.17, 15) is 4.79 Å². The number of hydrogen-bond acceptors (Lipinski definition) is 5. The molecular formula is C18H30N4O2S. The molecule has 7 heteroatoms. The number of amides is 2. The third-order valence-electron chi connectivity index (χ3n) is 5.15. The van der Waals surface area contributed by atoms with E-state index in [0.29, 0.717) is 17.0 Å². The van der Waals surface area contributed by atoms with Crippen LogP contribution in [0.15, 0.2) is 6.20 Å². The van der Waals surface area contributed by atoms with Gasteiger partial charge in [0.1, 0.15) is 0 Å². The number of urea groups is 1. The number of anilines is 1. The highest BCUT2D eigenvalue weighted by molar-refractivity contribution is 7.15. The zero-order chi connectivity index (χ0) is 17.9. The average Bonchev–Trinajstić information content (AvgIpc) is 3.23. The molecule has 2 aliphatic rings. The van der Waals surface area contributed by atoms with E-state index < -0.39 is 0 Å². The van der Waals surface area contributed by atoms with Gasteiger partial charge in [-0.05, 0) is 58.4 Å². The van der Waals surface area contributed by atoms with E-state index >= 15 is 0 Å². The summed E-state index contributed by atoms with van der Waals surface area (Å²) in [4.78, 5) is 20.2. The molecule has 1 unspecified atom stereocenters. The fraction of sp³-hybridized carbons (Fsp3) is 0.778. The molecule has 2 amide bonds. The van der Waals surface area contributed by atoms with Gasteiger partial charge in [-0.2, -0.15) is 0 Å². The smallest absolute Gasteiger partial charge is 0.321 e. The normalized spacial score (nSPS) is 22.9. The molecule has 2 fully saturated rings. The van der Waals surface area contributed by atoms with E-state index in [1.807, 2.05) is 6.20 Å².